The van der Waals surface area contributed by atoms with E-state index in [2.05, 4.69) is 32.5 Å². The van der Waals surface area contributed by atoms with Crippen molar-refractivity contribution < 1.29 is 4.79 Å². The van der Waals surface area contributed by atoms with Crippen LogP contribution in [0, 0.1) is 0 Å². The number of rotatable bonds is 6. The average Bonchev–Trinajstić information content (AvgIpc) is 3.25. The highest BCUT2D eigenvalue weighted by Gasteiger charge is 2.12. The molecule has 1 aromatic heterocycles. The number of nitrogens with one attached hydrogen (secondary N) is 1. The van der Waals surface area contributed by atoms with Gasteiger partial charge in [-0.15, -0.1) is 10.2 Å². The summed E-state index contributed by atoms with van der Waals surface area (Å²) >= 11 is 4.50. The van der Waals surface area contributed by atoms with Gasteiger partial charge in [-0.25, -0.2) is 0 Å². The first-order valence-corrected chi connectivity index (χ1v) is 10.4. The lowest BCUT2D eigenvalue weighted by Gasteiger charge is -2.17. The van der Waals surface area contributed by atoms with E-state index < -0.39 is 0 Å². The van der Waals surface area contributed by atoms with E-state index in [0.29, 0.717) is 5.75 Å². The van der Waals surface area contributed by atoms with Gasteiger partial charge in [0.05, 0.1) is 5.75 Å². The first kappa shape index (κ1) is 16.6. The third-order valence-corrected chi connectivity index (χ3v) is 6.54. The fourth-order valence-electron chi connectivity index (χ4n) is 2.39. The molecule has 0 unspecified atom stereocenters. The first-order chi connectivity index (χ1) is 11.2. The molecule has 8 heteroatoms. The fourth-order valence-corrected chi connectivity index (χ4v) is 4.63. The molecule has 5 nitrogen and oxygen atoms in total. The van der Waals surface area contributed by atoms with Gasteiger partial charge in [0, 0.05) is 24.5 Å². The summed E-state index contributed by atoms with van der Waals surface area (Å²) in [5.41, 5.74) is 2.06. The molecule has 0 bridgehead atoms. The topological polar surface area (TPSA) is 58.1 Å². The zero-order chi connectivity index (χ0) is 16.1. The summed E-state index contributed by atoms with van der Waals surface area (Å²) in [6.07, 6.45) is 4.49. The van der Waals surface area contributed by atoms with E-state index in [1.165, 1.54) is 41.6 Å². The highest BCUT2D eigenvalue weighted by Crippen LogP contribution is 2.27. The summed E-state index contributed by atoms with van der Waals surface area (Å²) in [7, 11) is 0. The minimum absolute atomic E-state index is 0.0233. The lowest BCUT2D eigenvalue weighted by atomic mass is 10.2. The molecule has 3 rings (SSSR count). The highest BCUT2D eigenvalue weighted by molar-refractivity contribution is 8.03. The molecule has 1 aliphatic rings. The Morgan fingerprint density at radius 1 is 1.22 bits per heavy atom. The summed E-state index contributed by atoms with van der Waals surface area (Å²) in [6, 6.07) is 8.08. The third-order valence-electron chi connectivity index (χ3n) is 3.51. The Morgan fingerprint density at radius 2 is 1.91 bits per heavy atom. The molecular weight excluding hydrogens is 348 g/mol. The van der Waals surface area contributed by atoms with Crippen molar-refractivity contribution in [1.29, 1.82) is 0 Å². The van der Waals surface area contributed by atoms with Crippen LogP contribution >= 0.6 is 34.9 Å². The largest absolute Gasteiger partial charge is 0.372 e. The molecule has 0 spiro atoms. The van der Waals surface area contributed by atoms with Gasteiger partial charge in [0.1, 0.15) is 0 Å². The van der Waals surface area contributed by atoms with Gasteiger partial charge in [0.25, 0.3) is 0 Å². The molecule has 1 aromatic carbocycles. The number of thioether (sulfide) groups is 2. The van der Waals surface area contributed by atoms with E-state index in [0.717, 1.165) is 27.5 Å². The van der Waals surface area contributed by atoms with Crippen LogP contribution in [-0.2, 0) is 4.79 Å². The molecule has 122 valence electrons. The fraction of sp³-hybridized carbons (Fsp3) is 0.400. The molecule has 1 saturated heterocycles. The zero-order valence-electron chi connectivity index (χ0n) is 12.8. The standard InChI is InChI=1S/C15H18N4OS3/c1-21-14-17-18-15(23-14)22-10-13(20)16-11-4-6-12(7-5-11)19-8-2-3-9-19/h4-7H,2-3,8-10H2,1H3,(H,16,20). The van der Waals surface area contributed by atoms with Crippen LogP contribution in [0.3, 0.4) is 0 Å². The van der Waals surface area contributed by atoms with Gasteiger partial charge in [0.15, 0.2) is 8.68 Å². The van der Waals surface area contributed by atoms with E-state index in [-0.39, 0.29) is 5.91 Å². The average molecular weight is 367 g/mol. The van der Waals surface area contributed by atoms with E-state index >= 15 is 0 Å². The second-order valence-corrected chi connectivity index (χ2v) is 8.37. The minimum Gasteiger partial charge on any atom is -0.372 e. The van der Waals surface area contributed by atoms with Gasteiger partial charge in [-0.1, -0.05) is 34.9 Å². The number of benzene rings is 1. The van der Waals surface area contributed by atoms with Crippen LogP contribution < -0.4 is 10.2 Å². The molecule has 1 amide bonds. The van der Waals surface area contributed by atoms with E-state index in [1.54, 1.807) is 11.8 Å². The zero-order valence-corrected chi connectivity index (χ0v) is 15.3. The Morgan fingerprint density at radius 3 is 2.57 bits per heavy atom. The van der Waals surface area contributed by atoms with E-state index in [1.807, 2.05) is 18.4 Å². The summed E-state index contributed by atoms with van der Waals surface area (Å²) < 4.78 is 1.75. The number of hydrogen-bond acceptors (Lipinski definition) is 7. The van der Waals surface area contributed by atoms with Crippen molar-refractivity contribution in [2.75, 3.05) is 35.3 Å². The van der Waals surface area contributed by atoms with Crippen LogP contribution in [0.25, 0.3) is 0 Å². The van der Waals surface area contributed by atoms with Crippen molar-refractivity contribution >= 4 is 52.1 Å². The predicted molar refractivity (Wildman–Crippen MR) is 98.9 cm³/mol. The molecule has 0 radical (unpaired) electrons. The van der Waals surface area contributed by atoms with Crippen molar-refractivity contribution in [3.05, 3.63) is 24.3 Å². The van der Waals surface area contributed by atoms with Crippen molar-refractivity contribution in [2.45, 2.75) is 21.5 Å². The Labute approximate surface area is 148 Å². The molecule has 2 aromatic rings. The van der Waals surface area contributed by atoms with Crippen molar-refractivity contribution in [3.8, 4) is 0 Å². The van der Waals surface area contributed by atoms with Gasteiger partial charge in [-0.3, -0.25) is 4.79 Å². The summed E-state index contributed by atoms with van der Waals surface area (Å²) in [6.45, 7) is 2.25. The van der Waals surface area contributed by atoms with Crippen molar-refractivity contribution in [3.63, 3.8) is 0 Å². The van der Waals surface area contributed by atoms with E-state index in [9.17, 15) is 4.79 Å². The Kier molecular flexibility index (Phi) is 5.80. The number of aromatic nitrogens is 2. The Hall–Kier alpha value is -1.25. The van der Waals surface area contributed by atoms with Crippen LogP contribution in [0.15, 0.2) is 32.9 Å². The molecule has 1 fully saturated rings. The lowest BCUT2D eigenvalue weighted by molar-refractivity contribution is -0.113. The first-order valence-electron chi connectivity index (χ1n) is 7.40. The number of anilines is 2. The maximum absolute atomic E-state index is 12.0. The van der Waals surface area contributed by atoms with Crippen molar-refractivity contribution in [1.82, 2.24) is 10.2 Å². The molecule has 0 atom stereocenters. The summed E-state index contributed by atoms with van der Waals surface area (Å²) in [5, 5.41) is 11.0. The van der Waals surface area contributed by atoms with Crippen LogP contribution in [0.2, 0.25) is 0 Å². The predicted octanol–water partition coefficient (Wildman–Crippen LogP) is 3.59. The second-order valence-electron chi connectivity index (χ2n) is 5.12. The molecule has 1 N–H and O–H groups in total. The third kappa shape index (κ3) is 4.62. The quantitative estimate of drug-likeness (QED) is 0.789. The number of amides is 1. The Bertz CT molecular complexity index is 653. The molecule has 1 aliphatic heterocycles. The van der Waals surface area contributed by atoms with Crippen LogP contribution in [0.4, 0.5) is 11.4 Å². The molecule has 0 saturated carbocycles. The molecular formula is C15H18N4OS3. The summed E-state index contributed by atoms with van der Waals surface area (Å²) in [5.74, 6) is 0.321. The second kappa shape index (κ2) is 8.03. The van der Waals surface area contributed by atoms with Crippen molar-refractivity contribution in [2.24, 2.45) is 0 Å². The minimum atomic E-state index is -0.0233. The highest BCUT2D eigenvalue weighted by atomic mass is 32.2. The molecule has 0 aliphatic carbocycles. The SMILES string of the molecule is CSc1nnc(SCC(=O)Nc2ccc(N3CCCC3)cc2)s1. The number of carbonyl (C=O) groups excluding carboxylic acids is 1. The maximum Gasteiger partial charge on any atom is 0.234 e. The van der Waals surface area contributed by atoms with Gasteiger partial charge < -0.3 is 10.2 Å². The van der Waals surface area contributed by atoms with Gasteiger partial charge in [0.2, 0.25) is 5.91 Å². The number of carbonyl (C=O) groups is 1. The van der Waals surface area contributed by atoms with Gasteiger partial charge >= 0.3 is 0 Å². The molecule has 23 heavy (non-hydrogen) atoms. The normalized spacial score (nSPS) is 14.2. The van der Waals surface area contributed by atoms with Crippen LogP contribution in [-0.4, -0.2) is 41.2 Å². The van der Waals surface area contributed by atoms with E-state index in [4.69, 9.17) is 0 Å². The van der Waals surface area contributed by atoms with Crippen LogP contribution in [0.5, 0.6) is 0 Å². The lowest BCUT2D eigenvalue weighted by Crippen LogP contribution is -2.18. The Balaban J connectivity index is 1.49. The number of hydrogen-bond donors (Lipinski definition) is 1. The van der Waals surface area contributed by atoms with Gasteiger partial charge in [-0.05, 0) is 43.4 Å². The number of nitrogens with zero attached hydrogens (tertiary/aromatic N) is 3. The monoisotopic (exact) mass is 366 g/mol. The smallest absolute Gasteiger partial charge is 0.234 e. The molecule has 2 heterocycles. The van der Waals surface area contributed by atoms with Gasteiger partial charge in [-0.2, -0.15) is 0 Å². The van der Waals surface area contributed by atoms with Crippen LogP contribution in [0.1, 0.15) is 12.8 Å². The summed E-state index contributed by atoms with van der Waals surface area (Å²) in [4.78, 5) is 14.4. The maximum atomic E-state index is 12.0.